The molecule has 1 aliphatic carbocycles. The monoisotopic (exact) mass is 300 g/mol. The van der Waals surface area contributed by atoms with Gasteiger partial charge >= 0.3 is 0 Å². The van der Waals surface area contributed by atoms with Gasteiger partial charge in [-0.25, -0.2) is 13.1 Å². The molecule has 1 fully saturated rings. The summed E-state index contributed by atoms with van der Waals surface area (Å²) in [5, 5.41) is 18.2. The number of rotatable bonds is 8. The maximum absolute atomic E-state index is 12.4. The van der Waals surface area contributed by atoms with Gasteiger partial charge in [0.2, 0.25) is 10.0 Å². The molecule has 6 nitrogen and oxygen atoms in total. The van der Waals surface area contributed by atoms with E-state index in [1.165, 1.54) is 0 Å². The summed E-state index contributed by atoms with van der Waals surface area (Å²) in [5.41, 5.74) is 0.503. The fourth-order valence-electron chi connectivity index (χ4n) is 2.02. The van der Waals surface area contributed by atoms with Crippen LogP contribution < -0.4 is 9.62 Å². The Bertz CT molecular complexity index is 537. The summed E-state index contributed by atoms with van der Waals surface area (Å²) in [4.78, 5) is 1.86. The molecule has 7 heteroatoms. The second-order valence-corrected chi connectivity index (χ2v) is 6.48. The van der Waals surface area contributed by atoms with Gasteiger partial charge in [0.05, 0.1) is 18.9 Å². The Kier molecular flexibility index (Phi) is 4.98. The van der Waals surface area contributed by atoms with Crippen LogP contribution in [-0.4, -0.2) is 51.0 Å². The van der Waals surface area contributed by atoms with Gasteiger partial charge in [0.1, 0.15) is 4.90 Å². The quantitative estimate of drug-likeness (QED) is 0.625. The van der Waals surface area contributed by atoms with E-state index in [4.69, 9.17) is 10.2 Å². The zero-order valence-corrected chi connectivity index (χ0v) is 12.0. The van der Waals surface area contributed by atoms with Gasteiger partial charge in [-0.15, -0.1) is 0 Å². The van der Waals surface area contributed by atoms with Crippen molar-refractivity contribution < 1.29 is 18.6 Å². The number of para-hydroxylation sites is 1. The smallest absolute Gasteiger partial charge is 0.242 e. The third kappa shape index (κ3) is 3.69. The topological polar surface area (TPSA) is 89.9 Å². The molecule has 1 aliphatic rings. The molecular formula is C13H20N2O4S. The van der Waals surface area contributed by atoms with Gasteiger partial charge in [0.15, 0.2) is 0 Å². The first-order valence-corrected chi connectivity index (χ1v) is 8.15. The predicted octanol–water partition coefficient (Wildman–Crippen LogP) is -0.0817. The van der Waals surface area contributed by atoms with Crippen LogP contribution in [0, 0.1) is 0 Å². The molecular weight excluding hydrogens is 280 g/mol. The Hall–Kier alpha value is -1.15. The van der Waals surface area contributed by atoms with Crippen LogP contribution in [0.3, 0.4) is 0 Å². The molecule has 0 aliphatic heterocycles. The lowest BCUT2D eigenvalue weighted by Crippen LogP contribution is -2.33. The molecule has 112 valence electrons. The van der Waals surface area contributed by atoms with Gasteiger partial charge in [-0.1, -0.05) is 12.1 Å². The lowest BCUT2D eigenvalue weighted by molar-refractivity contribution is 0.281. The summed E-state index contributed by atoms with van der Waals surface area (Å²) in [6, 6.07) is 6.68. The van der Waals surface area contributed by atoms with E-state index in [9.17, 15) is 8.42 Å². The highest BCUT2D eigenvalue weighted by atomic mass is 32.2. The molecule has 0 atom stereocenters. The maximum atomic E-state index is 12.4. The first kappa shape index (κ1) is 15.2. The molecule has 3 N–H and O–H groups in total. The third-order valence-corrected chi connectivity index (χ3v) is 4.70. The summed E-state index contributed by atoms with van der Waals surface area (Å²) in [6.45, 7) is 0.335. The molecule has 1 aromatic rings. The number of hydrogen-bond acceptors (Lipinski definition) is 5. The molecule has 2 rings (SSSR count). The van der Waals surface area contributed by atoms with Crippen molar-refractivity contribution in [2.45, 2.75) is 23.8 Å². The number of hydrogen-bond donors (Lipinski definition) is 3. The van der Waals surface area contributed by atoms with Crippen molar-refractivity contribution in [2.24, 2.45) is 0 Å². The maximum Gasteiger partial charge on any atom is 0.242 e. The average Bonchev–Trinajstić information content (AvgIpc) is 3.22. The van der Waals surface area contributed by atoms with E-state index in [0.29, 0.717) is 5.69 Å². The summed E-state index contributed by atoms with van der Waals surface area (Å²) in [5.74, 6) is 0. The van der Waals surface area contributed by atoms with E-state index in [0.717, 1.165) is 12.8 Å². The number of aliphatic hydroxyl groups is 2. The highest BCUT2D eigenvalue weighted by Gasteiger charge is 2.30. The lowest BCUT2D eigenvalue weighted by Gasteiger charge is -2.25. The van der Waals surface area contributed by atoms with E-state index in [2.05, 4.69) is 4.72 Å². The van der Waals surface area contributed by atoms with Crippen molar-refractivity contribution >= 4 is 15.7 Å². The Morgan fingerprint density at radius 2 is 1.75 bits per heavy atom. The van der Waals surface area contributed by atoms with Crippen molar-refractivity contribution in [1.82, 2.24) is 4.72 Å². The fourth-order valence-corrected chi connectivity index (χ4v) is 3.56. The third-order valence-electron chi connectivity index (χ3n) is 3.13. The van der Waals surface area contributed by atoms with Crippen molar-refractivity contribution in [3.63, 3.8) is 0 Å². The van der Waals surface area contributed by atoms with Crippen LogP contribution >= 0.6 is 0 Å². The van der Waals surface area contributed by atoms with E-state index >= 15 is 0 Å². The predicted molar refractivity (Wildman–Crippen MR) is 76.2 cm³/mol. The van der Waals surface area contributed by atoms with E-state index in [-0.39, 0.29) is 37.2 Å². The molecule has 1 aromatic carbocycles. The zero-order valence-electron chi connectivity index (χ0n) is 11.2. The van der Waals surface area contributed by atoms with Gasteiger partial charge in [0, 0.05) is 19.1 Å². The Balaban J connectivity index is 2.32. The Morgan fingerprint density at radius 3 is 2.30 bits per heavy atom. The van der Waals surface area contributed by atoms with Crippen LogP contribution in [-0.2, 0) is 10.0 Å². The average molecular weight is 300 g/mol. The van der Waals surface area contributed by atoms with E-state index in [1.54, 1.807) is 29.2 Å². The van der Waals surface area contributed by atoms with Gasteiger partial charge < -0.3 is 15.1 Å². The van der Waals surface area contributed by atoms with Crippen LogP contribution in [0.5, 0.6) is 0 Å². The SMILES string of the molecule is O=S(=O)(NC1CC1)c1ccccc1N(CCO)CCO. The number of aliphatic hydroxyl groups excluding tert-OH is 2. The van der Waals surface area contributed by atoms with Crippen LogP contribution in [0.25, 0.3) is 0 Å². The van der Waals surface area contributed by atoms with Gasteiger partial charge in [0.25, 0.3) is 0 Å². The van der Waals surface area contributed by atoms with Crippen LogP contribution in [0.4, 0.5) is 5.69 Å². The second-order valence-electron chi connectivity index (χ2n) is 4.80. The lowest BCUT2D eigenvalue weighted by atomic mass is 10.3. The second kappa shape index (κ2) is 6.53. The van der Waals surface area contributed by atoms with Crippen molar-refractivity contribution in [3.05, 3.63) is 24.3 Å². The first-order valence-electron chi connectivity index (χ1n) is 6.66. The van der Waals surface area contributed by atoms with Gasteiger partial charge in [-0.3, -0.25) is 0 Å². The zero-order chi connectivity index (χ0) is 14.6. The standard InChI is InChI=1S/C13H20N2O4S/c16-9-7-15(8-10-17)12-3-1-2-4-13(12)20(18,19)14-11-5-6-11/h1-4,11,14,16-17H,5-10H2. The van der Waals surface area contributed by atoms with Crippen molar-refractivity contribution in [1.29, 1.82) is 0 Å². The molecule has 0 spiro atoms. The molecule has 0 aromatic heterocycles. The minimum absolute atomic E-state index is 0.0391. The summed E-state index contributed by atoms with van der Waals surface area (Å²) >= 11 is 0. The molecule has 0 bridgehead atoms. The number of benzene rings is 1. The highest BCUT2D eigenvalue weighted by molar-refractivity contribution is 7.89. The number of nitrogens with zero attached hydrogens (tertiary/aromatic N) is 1. The van der Waals surface area contributed by atoms with Crippen molar-refractivity contribution in [3.8, 4) is 0 Å². The van der Waals surface area contributed by atoms with E-state index in [1.807, 2.05) is 0 Å². The summed E-state index contributed by atoms with van der Waals surface area (Å²) < 4.78 is 27.4. The van der Waals surface area contributed by atoms with Crippen LogP contribution in [0.2, 0.25) is 0 Å². The number of sulfonamides is 1. The van der Waals surface area contributed by atoms with Crippen LogP contribution in [0.1, 0.15) is 12.8 Å². The highest BCUT2D eigenvalue weighted by Crippen LogP contribution is 2.28. The molecule has 0 heterocycles. The van der Waals surface area contributed by atoms with Crippen molar-refractivity contribution in [2.75, 3.05) is 31.2 Å². The molecule has 0 amide bonds. The minimum Gasteiger partial charge on any atom is -0.395 e. The van der Waals surface area contributed by atoms with Gasteiger partial charge in [-0.05, 0) is 25.0 Å². The first-order chi connectivity index (χ1) is 9.58. The van der Waals surface area contributed by atoms with Crippen LogP contribution in [0.15, 0.2) is 29.2 Å². The number of anilines is 1. The molecule has 1 saturated carbocycles. The Morgan fingerprint density at radius 1 is 1.15 bits per heavy atom. The molecule has 0 radical (unpaired) electrons. The minimum atomic E-state index is -3.56. The fraction of sp³-hybridized carbons (Fsp3) is 0.538. The summed E-state index contributed by atoms with van der Waals surface area (Å²) in [7, 11) is -3.56. The van der Waals surface area contributed by atoms with Gasteiger partial charge in [-0.2, -0.15) is 0 Å². The molecule has 0 saturated heterocycles. The Labute approximate surface area is 119 Å². The molecule has 0 unspecified atom stereocenters. The largest absolute Gasteiger partial charge is 0.395 e. The normalized spacial score (nSPS) is 15.3. The summed E-state index contributed by atoms with van der Waals surface area (Å²) in [6.07, 6.45) is 1.75. The van der Waals surface area contributed by atoms with E-state index < -0.39 is 10.0 Å². The molecule has 20 heavy (non-hydrogen) atoms. The number of nitrogens with one attached hydrogen (secondary N) is 1.